The Morgan fingerprint density at radius 2 is 1.83 bits per heavy atom. The van der Waals surface area contributed by atoms with Gasteiger partial charge in [0.05, 0.1) is 16.9 Å². The van der Waals surface area contributed by atoms with E-state index in [1.807, 2.05) is 0 Å². The van der Waals surface area contributed by atoms with Gasteiger partial charge >= 0.3 is 5.97 Å². The van der Waals surface area contributed by atoms with Gasteiger partial charge in [-0.05, 0) is 31.9 Å². The van der Waals surface area contributed by atoms with Crippen molar-refractivity contribution in [2.45, 2.75) is 75.5 Å². The van der Waals surface area contributed by atoms with E-state index in [0.717, 1.165) is 19.3 Å². The Bertz CT molecular complexity index is 832. The summed E-state index contributed by atoms with van der Waals surface area (Å²) in [7, 11) is 0. The fourth-order valence-corrected chi connectivity index (χ4v) is 4.15. The fraction of sp³-hybridized carbons (Fsp3) is 0.565. The van der Waals surface area contributed by atoms with Crippen molar-refractivity contribution in [3.05, 3.63) is 29.8 Å². The molecule has 1 aliphatic carbocycles. The summed E-state index contributed by atoms with van der Waals surface area (Å²) in [5.74, 6) is -0.985. The third-order valence-corrected chi connectivity index (χ3v) is 6.41. The Labute approximate surface area is 182 Å². The van der Waals surface area contributed by atoms with Crippen LogP contribution in [-0.2, 0) is 14.3 Å². The molecule has 1 aromatic carbocycles. The monoisotopic (exact) mass is 430 g/mol. The molecule has 1 atom stereocenters. The average Bonchev–Trinajstić information content (AvgIpc) is 2.72. The number of hydrogen-bond donors (Lipinski definition) is 1. The number of carbonyl (C=O) groups is 3. The zero-order valence-electron chi connectivity index (χ0n) is 18.1. The third-order valence-electron chi connectivity index (χ3n) is 5.23. The predicted molar refractivity (Wildman–Crippen MR) is 116 cm³/mol. The molecule has 1 aromatic rings. The SMILES string of the molecule is CC(Sc1ccccc1C(=O)OCC(=O)C(C)(C)C)C(=O)NC1(C#N)CCCCC1. The zero-order chi connectivity index (χ0) is 22.4. The number of Topliss-reactive ketones (excluding diaryl/α,β-unsaturated/α-hetero) is 1. The largest absolute Gasteiger partial charge is 0.454 e. The number of carbonyl (C=O) groups excluding carboxylic acids is 3. The quantitative estimate of drug-likeness (QED) is 0.512. The summed E-state index contributed by atoms with van der Waals surface area (Å²) >= 11 is 1.24. The van der Waals surface area contributed by atoms with E-state index in [0.29, 0.717) is 23.3 Å². The molecule has 7 heteroatoms. The lowest BCUT2D eigenvalue weighted by molar-refractivity contribution is -0.129. The Kier molecular flexibility index (Phi) is 8.08. The minimum absolute atomic E-state index is 0.164. The van der Waals surface area contributed by atoms with Crippen molar-refractivity contribution >= 4 is 29.4 Å². The number of nitriles is 1. The summed E-state index contributed by atoms with van der Waals surface area (Å²) in [6.07, 6.45) is 4.26. The molecule has 0 spiro atoms. The smallest absolute Gasteiger partial charge is 0.339 e. The van der Waals surface area contributed by atoms with E-state index in [1.165, 1.54) is 11.8 Å². The molecule has 1 amide bonds. The van der Waals surface area contributed by atoms with Crippen molar-refractivity contribution < 1.29 is 19.1 Å². The molecule has 30 heavy (non-hydrogen) atoms. The van der Waals surface area contributed by atoms with Gasteiger partial charge in [0.15, 0.2) is 12.4 Å². The number of hydrogen-bond acceptors (Lipinski definition) is 6. The van der Waals surface area contributed by atoms with Gasteiger partial charge in [-0.25, -0.2) is 4.79 Å². The first-order valence-electron chi connectivity index (χ1n) is 10.3. The Hall–Kier alpha value is -2.33. The molecule has 1 aliphatic rings. The number of nitrogens with one attached hydrogen (secondary N) is 1. The molecule has 0 saturated heterocycles. The zero-order valence-corrected chi connectivity index (χ0v) is 18.9. The Balaban J connectivity index is 2.04. The van der Waals surface area contributed by atoms with Crippen LogP contribution >= 0.6 is 11.8 Å². The molecule has 1 unspecified atom stereocenters. The van der Waals surface area contributed by atoms with Gasteiger partial charge in [0.1, 0.15) is 5.54 Å². The van der Waals surface area contributed by atoms with Crippen molar-refractivity contribution in [1.29, 1.82) is 5.26 Å². The Morgan fingerprint density at radius 3 is 2.43 bits per heavy atom. The maximum Gasteiger partial charge on any atom is 0.339 e. The van der Waals surface area contributed by atoms with Gasteiger partial charge in [-0.2, -0.15) is 5.26 Å². The highest BCUT2D eigenvalue weighted by Gasteiger charge is 2.35. The molecule has 1 saturated carbocycles. The summed E-state index contributed by atoms with van der Waals surface area (Å²) in [4.78, 5) is 37.9. The predicted octanol–water partition coefficient (Wildman–Crippen LogP) is 4.28. The van der Waals surface area contributed by atoms with Crippen molar-refractivity contribution in [3.8, 4) is 6.07 Å². The maximum atomic E-state index is 12.7. The van der Waals surface area contributed by atoms with E-state index >= 15 is 0 Å². The molecule has 0 heterocycles. The number of rotatable bonds is 7. The van der Waals surface area contributed by atoms with Crippen molar-refractivity contribution in [2.24, 2.45) is 5.41 Å². The van der Waals surface area contributed by atoms with Gasteiger partial charge in [-0.15, -0.1) is 11.8 Å². The van der Waals surface area contributed by atoms with Crippen molar-refractivity contribution in [2.75, 3.05) is 6.61 Å². The Morgan fingerprint density at radius 1 is 1.20 bits per heavy atom. The van der Waals surface area contributed by atoms with Crippen molar-refractivity contribution in [3.63, 3.8) is 0 Å². The maximum absolute atomic E-state index is 12.7. The normalized spacial score (nSPS) is 16.8. The van der Waals surface area contributed by atoms with Crippen LogP contribution in [0.1, 0.15) is 70.2 Å². The van der Waals surface area contributed by atoms with Crippen LogP contribution in [0, 0.1) is 16.7 Å². The van der Waals surface area contributed by atoms with Gasteiger partial charge in [-0.1, -0.05) is 52.2 Å². The van der Waals surface area contributed by atoms with Crippen LogP contribution in [0.2, 0.25) is 0 Å². The number of ether oxygens (including phenoxy) is 1. The second-order valence-electron chi connectivity index (χ2n) is 8.75. The molecular formula is C23H30N2O4S. The van der Waals surface area contributed by atoms with Crippen LogP contribution in [0.4, 0.5) is 0 Å². The molecule has 0 radical (unpaired) electrons. The molecule has 1 fully saturated rings. The van der Waals surface area contributed by atoms with Crippen molar-refractivity contribution in [1.82, 2.24) is 5.32 Å². The minimum Gasteiger partial charge on any atom is -0.454 e. The summed E-state index contributed by atoms with van der Waals surface area (Å²) in [5, 5.41) is 12.0. The van der Waals surface area contributed by atoms with E-state index in [-0.39, 0.29) is 18.3 Å². The van der Waals surface area contributed by atoms with E-state index in [9.17, 15) is 19.6 Å². The van der Waals surface area contributed by atoms with Crippen LogP contribution in [0.3, 0.4) is 0 Å². The summed E-state index contributed by atoms with van der Waals surface area (Å²) in [6.45, 7) is 6.77. The second kappa shape index (κ2) is 10.1. The number of amides is 1. The molecule has 1 N–H and O–H groups in total. The first-order valence-corrected chi connectivity index (χ1v) is 11.2. The fourth-order valence-electron chi connectivity index (χ4n) is 3.16. The lowest BCUT2D eigenvalue weighted by Crippen LogP contribution is -2.50. The summed E-state index contributed by atoms with van der Waals surface area (Å²) < 4.78 is 5.21. The van der Waals surface area contributed by atoms with E-state index < -0.39 is 22.2 Å². The molecule has 0 bridgehead atoms. The molecule has 6 nitrogen and oxygen atoms in total. The van der Waals surface area contributed by atoms with Crippen LogP contribution in [0.15, 0.2) is 29.2 Å². The van der Waals surface area contributed by atoms with Crippen LogP contribution in [-0.4, -0.2) is 35.1 Å². The molecular weight excluding hydrogens is 400 g/mol. The van der Waals surface area contributed by atoms with E-state index in [2.05, 4.69) is 11.4 Å². The van der Waals surface area contributed by atoms with Gasteiger partial charge in [0.2, 0.25) is 5.91 Å². The van der Waals surface area contributed by atoms with Crippen LogP contribution in [0.25, 0.3) is 0 Å². The van der Waals surface area contributed by atoms with Gasteiger partial charge in [-0.3, -0.25) is 9.59 Å². The molecule has 162 valence electrons. The number of esters is 1. The summed E-state index contributed by atoms with van der Waals surface area (Å²) in [5.41, 5.74) is -1.07. The summed E-state index contributed by atoms with van der Waals surface area (Å²) in [6, 6.07) is 9.15. The average molecular weight is 431 g/mol. The topological polar surface area (TPSA) is 96.3 Å². The van der Waals surface area contributed by atoms with Crippen LogP contribution in [0.5, 0.6) is 0 Å². The van der Waals surface area contributed by atoms with E-state index in [1.54, 1.807) is 52.0 Å². The van der Waals surface area contributed by atoms with Gasteiger partial charge < -0.3 is 10.1 Å². The lowest BCUT2D eigenvalue weighted by Gasteiger charge is -2.32. The highest BCUT2D eigenvalue weighted by atomic mass is 32.2. The second-order valence-corrected chi connectivity index (χ2v) is 10.1. The lowest BCUT2D eigenvalue weighted by atomic mass is 9.83. The van der Waals surface area contributed by atoms with Crippen LogP contribution < -0.4 is 5.32 Å². The standard InChI is InChI=1S/C23H30N2O4S/c1-16(20(27)25-23(15-24)12-8-5-9-13-23)30-18-11-7-6-10-17(18)21(28)29-14-19(26)22(2,3)4/h6-7,10-11,16H,5,8-9,12-14H2,1-4H3,(H,25,27). The molecule has 2 rings (SSSR count). The molecule has 0 aromatic heterocycles. The number of thioether (sulfide) groups is 1. The van der Waals surface area contributed by atoms with Gasteiger partial charge in [0.25, 0.3) is 0 Å². The highest BCUT2D eigenvalue weighted by molar-refractivity contribution is 8.00. The van der Waals surface area contributed by atoms with Gasteiger partial charge in [0, 0.05) is 10.3 Å². The highest BCUT2D eigenvalue weighted by Crippen LogP contribution is 2.31. The minimum atomic E-state index is -0.796. The number of benzene rings is 1. The number of ketones is 1. The first kappa shape index (κ1) is 23.9. The third kappa shape index (κ3) is 6.33. The first-order chi connectivity index (χ1) is 14.1. The van der Waals surface area contributed by atoms with E-state index in [4.69, 9.17) is 4.74 Å². The molecule has 0 aliphatic heterocycles. The number of nitrogens with zero attached hydrogens (tertiary/aromatic N) is 1.